The van der Waals surface area contributed by atoms with Crippen molar-refractivity contribution in [2.24, 2.45) is 0 Å². The summed E-state index contributed by atoms with van der Waals surface area (Å²) in [5.74, 6) is -0.840. The zero-order valence-corrected chi connectivity index (χ0v) is 11.4. The van der Waals surface area contributed by atoms with Crippen molar-refractivity contribution in [3.05, 3.63) is 72.1 Å². The largest absolute Gasteiger partial charge is 0.460 e. The highest BCUT2D eigenvalue weighted by molar-refractivity contribution is 6.03. The normalized spacial score (nSPS) is 10.5. The Morgan fingerprint density at radius 2 is 1.81 bits per heavy atom. The van der Waals surface area contributed by atoms with Crippen molar-refractivity contribution in [1.82, 2.24) is 4.98 Å². The maximum atomic E-state index is 11.6. The van der Waals surface area contributed by atoms with Crippen molar-refractivity contribution < 1.29 is 14.3 Å². The highest BCUT2D eigenvalue weighted by Gasteiger charge is 2.08. The molecule has 4 nitrogen and oxygen atoms in total. The van der Waals surface area contributed by atoms with Crippen LogP contribution >= 0.6 is 0 Å². The minimum atomic E-state index is -0.533. The maximum Gasteiger partial charge on any atom is 0.314 e. The van der Waals surface area contributed by atoms with Gasteiger partial charge in [0.25, 0.3) is 0 Å². The number of carbonyl (C=O) groups excluding carboxylic acids is 2. The van der Waals surface area contributed by atoms with E-state index in [1.807, 2.05) is 36.4 Å². The number of hydrogen-bond donors (Lipinski definition) is 0. The van der Waals surface area contributed by atoms with Crippen molar-refractivity contribution in [2.45, 2.75) is 13.0 Å². The molecule has 21 heavy (non-hydrogen) atoms. The molecule has 2 rings (SSSR count). The van der Waals surface area contributed by atoms with E-state index < -0.39 is 5.97 Å². The first-order valence-electron chi connectivity index (χ1n) is 6.55. The maximum absolute atomic E-state index is 11.6. The lowest BCUT2D eigenvalue weighted by atomic mass is 10.2. The Morgan fingerprint density at radius 3 is 2.52 bits per heavy atom. The van der Waals surface area contributed by atoms with Crippen LogP contribution in [0.5, 0.6) is 0 Å². The van der Waals surface area contributed by atoms with Gasteiger partial charge in [-0.3, -0.25) is 14.6 Å². The first kappa shape index (κ1) is 14.7. The van der Waals surface area contributed by atoms with Crippen LogP contribution in [0.2, 0.25) is 0 Å². The summed E-state index contributed by atoms with van der Waals surface area (Å²) in [6.45, 7) is 0.177. The highest BCUT2D eigenvalue weighted by atomic mass is 16.5. The molecule has 0 N–H and O–H groups in total. The molecule has 0 saturated heterocycles. The summed E-state index contributed by atoms with van der Waals surface area (Å²) in [7, 11) is 0. The Hall–Kier alpha value is -2.75. The number of ether oxygens (including phenoxy) is 1. The SMILES string of the molecule is O=C(/C=C/c1ccccn1)CC(=O)OCc1ccccc1. The van der Waals surface area contributed by atoms with E-state index in [-0.39, 0.29) is 18.8 Å². The molecule has 1 heterocycles. The van der Waals surface area contributed by atoms with Crippen LogP contribution in [0.25, 0.3) is 6.08 Å². The predicted octanol–water partition coefficient (Wildman–Crippen LogP) is 2.80. The zero-order chi connectivity index (χ0) is 14.9. The second kappa shape index (κ2) is 7.75. The Labute approximate surface area is 123 Å². The Morgan fingerprint density at radius 1 is 1.05 bits per heavy atom. The quantitative estimate of drug-likeness (QED) is 0.464. The number of allylic oxidation sites excluding steroid dienone is 1. The van der Waals surface area contributed by atoms with Crippen molar-refractivity contribution in [2.75, 3.05) is 0 Å². The highest BCUT2D eigenvalue weighted by Crippen LogP contribution is 2.03. The van der Waals surface area contributed by atoms with E-state index >= 15 is 0 Å². The van der Waals surface area contributed by atoms with E-state index in [2.05, 4.69) is 4.98 Å². The van der Waals surface area contributed by atoms with E-state index in [0.717, 1.165) is 5.56 Å². The number of nitrogens with zero attached hydrogens (tertiary/aromatic N) is 1. The molecule has 0 fully saturated rings. The fraction of sp³-hybridized carbons (Fsp3) is 0.118. The smallest absolute Gasteiger partial charge is 0.314 e. The molecule has 2 aromatic rings. The van der Waals surface area contributed by atoms with Crippen molar-refractivity contribution in [3.63, 3.8) is 0 Å². The Kier molecular flexibility index (Phi) is 5.41. The number of hydrogen-bond acceptors (Lipinski definition) is 4. The first-order valence-corrected chi connectivity index (χ1v) is 6.55. The summed E-state index contributed by atoms with van der Waals surface area (Å²) in [6, 6.07) is 14.7. The van der Waals surface area contributed by atoms with E-state index in [4.69, 9.17) is 4.74 Å². The Bertz CT molecular complexity index is 621. The second-order valence-corrected chi connectivity index (χ2v) is 4.38. The third-order valence-corrected chi connectivity index (χ3v) is 2.69. The van der Waals surface area contributed by atoms with Gasteiger partial charge in [0.15, 0.2) is 5.78 Å². The lowest BCUT2D eigenvalue weighted by molar-refractivity contribution is -0.146. The van der Waals surface area contributed by atoms with Crippen LogP contribution in [-0.2, 0) is 20.9 Å². The first-order chi connectivity index (χ1) is 10.2. The van der Waals surface area contributed by atoms with Crippen LogP contribution in [0, 0.1) is 0 Å². The monoisotopic (exact) mass is 281 g/mol. The van der Waals surface area contributed by atoms with Crippen LogP contribution in [0.15, 0.2) is 60.8 Å². The molecular formula is C17H15NO3. The number of pyridine rings is 1. The van der Waals surface area contributed by atoms with E-state index in [1.54, 1.807) is 24.4 Å². The number of esters is 1. The number of carbonyl (C=O) groups is 2. The number of benzene rings is 1. The lowest BCUT2D eigenvalue weighted by Crippen LogP contribution is -2.09. The predicted molar refractivity (Wildman–Crippen MR) is 79.1 cm³/mol. The number of aromatic nitrogens is 1. The summed E-state index contributed by atoms with van der Waals surface area (Å²) in [5, 5.41) is 0. The van der Waals surface area contributed by atoms with Crippen LogP contribution < -0.4 is 0 Å². The van der Waals surface area contributed by atoms with Gasteiger partial charge in [-0.2, -0.15) is 0 Å². The van der Waals surface area contributed by atoms with Gasteiger partial charge >= 0.3 is 5.97 Å². The number of rotatable bonds is 6. The average molecular weight is 281 g/mol. The minimum absolute atomic E-state index is 0.177. The molecule has 106 valence electrons. The van der Waals surface area contributed by atoms with Crippen LogP contribution in [0.1, 0.15) is 17.7 Å². The van der Waals surface area contributed by atoms with Gasteiger partial charge in [-0.15, -0.1) is 0 Å². The summed E-state index contributed by atoms with van der Waals surface area (Å²) in [5.41, 5.74) is 1.56. The van der Waals surface area contributed by atoms with Crippen LogP contribution in [0.4, 0.5) is 0 Å². The average Bonchev–Trinajstić information content (AvgIpc) is 2.53. The fourth-order valence-electron chi connectivity index (χ4n) is 1.64. The summed E-state index contributed by atoms with van der Waals surface area (Å²) in [4.78, 5) is 27.2. The van der Waals surface area contributed by atoms with Gasteiger partial charge in [0.1, 0.15) is 13.0 Å². The molecule has 0 spiro atoms. The molecule has 0 atom stereocenters. The standard InChI is InChI=1S/C17H15NO3/c19-16(10-9-15-8-4-5-11-18-15)12-17(20)21-13-14-6-2-1-3-7-14/h1-11H,12-13H2/b10-9+. The molecule has 0 bridgehead atoms. The van der Waals surface area contributed by atoms with Gasteiger partial charge in [-0.1, -0.05) is 36.4 Å². The van der Waals surface area contributed by atoms with Crippen molar-refractivity contribution >= 4 is 17.8 Å². The van der Waals surface area contributed by atoms with Gasteiger partial charge in [-0.25, -0.2) is 0 Å². The van der Waals surface area contributed by atoms with E-state index in [1.165, 1.54) is 6.08 Å². The Balaban J connectivity index is 1.77. The molecule has 0 saturated carbocycles. The van der Waals surface area contributed by atoms with Crippen LogP contribution in [-0.4, -0.2) is 16.7 Å². The number of ketones is 1. The molecule has 1 aromatic heterocycles. The molecule has 0 unspecified atom stereocenters. The second-order valence-electron chi connectivity index (χ2n) is 4.38. The molecular weight excluding hydrogens is 266 g/mol. The molecule has 4 heteroatoms. The molecule has 0 aliphatic heterocycles. The summed E-state index contributed by atoms with van der Waals surface area (Å²) >= 11 is 0. The van der Waals surface area contributed by atoms with Crippen LogP contribution in [0.3, 0.4) is 0 Å². The van der Waals surface area contributed by atoms with Gasteiger partial charge in [0, 0.05) is 6.20 Å². The molecule has 0 aliphatic carbocycles. The fourth-order valence-corrected chi connectivity index (χ4v) is 1.64. The lowest BCUT2D eigenvalue weighted by Gasteiger charge is -2.03. The van der Waals surface area contributed by atoms with Gasteiger partial charge in [0.05, 0.1) is 5.69 Å². The molecule has 0 radical (unpaired) electrons. The summed E-state index contributed by atoms with van der Waals surface area (Å²) in [6.07, 6.45) is 4.29. The molecule has 1 aromatic carbocycles. The third kappa shape index (κ3) is 5.40. The molecule has 0 aliphatic rings. The van der Waals surface area contributed by atoms with Gasteiger partial charge in [0.2, 0.25) is 0 Å². The molecule has 0 amide bonds. The third-order valence-electron chi connectivity index (χ3n) is 2.69. The van der Waals surface area contributed by atoms with Crippen molar-refractivity contribution in [3.8, 4) is 0 Å². The van der Waals surface area contributed by atoms with Gasteiger partial charge < -0.3 is 4.74 Å². The minimum Gasteiger partial charge on any atom is -0.460 e. The summed E-state index contributed by atoms with van der Waals surface area (Å²) < 4.78 is 5.04. The topological polar surface area (TPSA) is 56.3 Å². The van der Waals surface area contributed by atoms with E-state index in [0.29, 0.717) is 5.69 Å². The van der Waals surface area contributed by atoms with E-state index in [9.17, 15) is 9.59 Å². The van der Waals surface area contributed by atoms with Gasteiger partial charge in [-0.05, 0) is 29.8 Å². The zero-order valence-electron chi connectivity index (χ0n) is 11.4. The van der Waals surface area contributed by atoms with Crippen molar-refractivity contribution in [1.29, 1.82) is 0 Å².